The molecule has 1 aromatic carbocycles. The smallest absolute Gasteiger partial charge is 0.314 e. The summed E-state index contributed by atoms with van der Waals surface area (Å²) in [5, 5.41) is 0. The van der Waals surface area contributed by atoms with Gasteiger partial charge in [0.2, 0.25) is 0 Å². The molecule has 18 heavy (non-hydrogen) atoms. The fraction of sp³-hybridized carbons (Fsp3) is 0.533. The molecule has 0 spiro atoms. The molecule has 0 radical (unpaired) electrons. The van der Waals surface area contributed by atoms with Crippen LogP contribution in [0.25, 0.3) is 0 Å². The van der Waals surface area contributed by atoms with E-state index in [9.17, 15) is 4.79 Å². The van der Waals surface area contributed by atoms with E-state index in [2.05, 4.69) is 6.07 Å². The van der Waals surface area contributed by atoms with Gasteiger partial charge in [-0.25, -0.2) is 0 Å². The third-order valence-corrected chi connectivity index (χ3v) is 3.76. The zero-order valence-corrected chi connectivity index (χ0v) is 10.9. The van der Waals surface area contributed by atoms with Crippen molar-refractivity contribution in [1.29, 1.82) is 0 Å². The molecule has 0 N–H and O–H groups in total. The van der Waals surface area contributed by atoms with Crippen LogP contribution in [0.2, 0.25) is 0 Å². The lowest BCUT2D eigenvalue weighted by molar-refractivity contribution is -0.135. The molecule has 96 valence electrons. The van der Waals surface area contributed by atoms with E-state index in [0.29, 0.717) is 17.4 Å². The van der Waals surface area contributed by atoms with Gasteiger partial charge in [0.15, 0.2) is 11.5 Å². The molecular formula is C15H18O3. The molecule has 0 bridgehead atoms. The van der Waals surface area contributed by atoms with E-state index in [1.807, 2.05) is 13.0 Å². The van der Waals surface area contributed by atoms with Crippen molar-refractivity contribution >= 4 is 5.97 Å². The summed E-state index contributed by atoms with van der Waals surface area (Å²) in [7, 11) is 1.61. The number of esters is 1. The maximum absolute atomic E-state index is 11.8. The Morgan fingerprint density at radius 1 is 1.22 bits per heavy atom. The normalized spacial score (nSPS) is 18.6. The number of hydrogen-bond donors (Lipinski definition) is 0. The van der Waals surface area contributed by atoms with Gasteiger partial charge in [-0.2, -0.15) is 0 Å². The fourth-order valence-electron chi connectivity index (χ4n) is 2.31. The molecule has 3 nitrogen and oxygen atoms in total. The summed E-state index contributed by atoms with van der Waals surface area (Å²) in [6.07, 6.45) is 4.40. The monoisotopic (exact) mass is 246 g/mol. The predicted octanol–water partition coefficient (Wildman–Crippen LogP) is 3.20. The second-order valence-electron chi connectivity index (χ2n) is 5.28. The van der Waals surface area contributed by atoms with Crippen LogP contribution in [0.1, 0.15) is 42.7 Å². The average Bonchev–Trinajstić information content (AvgIpc) is 3.22. The Hall–Kier alpha value is -1.51. The van der Waals surface area contributed by atoms with Crippen molar-refractivity contribution in [3.8, 4) is 11.5 Å². The maximum atomic E-state index is 11.8. The van der Waals surface area contributed by atoms with Crippen LogP contribution in [0.15, 0.2) is 12.1 Å². The van der Waals surface area contributed by atoms with Crippen molar-refractivity contribution in [2.75, 3.05) is 7.11 Å². The van der Waals surface area contributed by atoms with Gasteiger partial charge in [-0.05, 0) is 55.7 Å². The highest BCUT2D eigenvalue weighted by Gasteiger charge is 2.33. The van der Waals surface area contributed by atoms with Crippen LogP contribution in [0.4, 0.5) is 0 Å². The van der Waals surface area contributed by atoms with Crippen LogP contribution in [0.5, 0.6) is 11.5 Å². The molecular weight excluding hydrogens is 228 g/mol. The largest absolute Gasteiger partial charge is 0.493 e. The predicted molar refractivity (Wildman–Crippen MR) is 68.1 cm³/mol. The highest BCUT2D eigenvalue weighted by molar-refractivity contribution is 5.78. The first-order valence-electron chi connectivity index (χ1n) is 6.60. The molecule has 3 rings (SSSR count). The lowest BCUT2D eigenvalue weighted by atomic mass is 10.0. The molecule has 1 aromatic rings. The highest BCUT2D eigenvalue weighted by atomic mass is 16.6. The molecule has 0 atom stereocenters. The van der Waals surface area contributed by atoms with Crippen molar-refractivity contribution in [3.63, 3.8) is 0 Å². The third-order valence-electron chi connectivity index (χ3n) is 3.76. The van der Waals surface area contributed by atoms with Gasteiger partial charge in [0.05, 0.1) is 13.0 Å². The van der Waals surface area contributed by atoms with Gasteiger partial charge in [0.1, 0.15) is 0 Å². The number of hydrogen-bond acceptors (Lipinski definition) is 3. The number of carbonyl (C=O) groups excluding carboxylic acids is 1. The molecule has 2 fully saturated rings. The topological polar surface area (TPSA) is 35.5 Å². The minimum atomic E-state index is -0.107. The second kappa shape index (κ2) is 4.30. The SMILES string of the molecule is COc1ccc(C2CC2)c(C)c1OC(=O)C1CC1. The molecule has 0 amide bonds. The zero-order valence-electron chi connectivity index (χ0n) is 10.9. The number of benzene rings is 1. The van der Waals surface area contributed by atoms with Gasteiger partial charge < -0.3 is 9.47 Å². The lowest BCUT2D eigenvalue weighted by Gasteiger charge is -2.14. The Kier molecular flexibility index (Phi) is 2.77. The molecule has 0 aliphatic heterocycles. The van der Waals surface area contributed by atoms with Crippen LogP contribution >= 0.6 is 0 Å². The Balaban J connectivity index is 1.92. The molecule has 2 saturated carbocycles. The number of carbonyl (C=O) groups is 1. The number of ether oxygens (including phenoxy) is 2. The Morgan fingerprint density at radius 2 is 1.94 bits per heavy atom. The minimum absolute atomic E-state index is 0.107. The van der Waals surface area contributed by atoms with Crippen molar-refractivity contribution in [2.45, 2.75) is 38.5 Å². The summed E-state index contributed by atoms with van der Waals surface area (Å²) in [5.41, 5.74) is 2.36. The highest BCUT2D eigenvalue weighted by Crippen LogP contribution is 2.46. The molecule has 2 aliphatic rings. The number of rotatable bonds is 4. The Morgan fingerprint density at radius 3 is 2.50 bits per heavy atom. The summed E-state index contributed by atoms with van der Waals surface area (Å²) in [4.78, 5) is 11.8. The first-order valence-corrected chi connectivity index (χ1v) is 6.60. The van der Waals surface area contributed by atoms with E-state index in [0.717, 1.165) is 18.4 Å². The van der Waals surface area contributed by atoms with Gasteiger partial charge >= 0.3 is 5.97 Å². The van der Waals surface area contributed by atoms with Crippen LogP contribution in [-0.2, 0) is 4.79 Å². The van der Waals surface area contributed by atoms with Gasteiger partial charge in [0, 0.05) is 0 Å². The summed E-state index contributed by atoms with van der Waals surface area (Å²) in [6, 6.07) is 4.01. The van der Waals surface area contributed by atoms with Gasteiger partial charge in [0.25, 0.3) is 0 Å². The first-order chi connectivity index (χ1) is 8.70. The van der Waals surface area contributed by atoms with E-state index in [1.165, 1.54) is 18.4 Å². The van der Waals surface area contributed by atoms with Crippen molar-refractivity contribution < 1.29 is 14.3 Å². The van der Waals surface area contributed by atoms with E-state index in [1.54, 1.807) is 7.11 Å². The quantitative estimate of drug-likeness (QED) is 0.604. The average molecular weight is 246 g/mol. The van der Waals surface area contributed by atoms with Crippen LogP contribution < -0.4 is 9.47 Å². The first kappa shape index (κ1) is 11.6. The van der Waals surface area contributed by atoms with Crippen LogP contribution in [-0.4, -0.2) is 13.1 Å². The summed E-state index contributed by atoms with van der Waals surface area (Å²) < 4.78 is 10.9. The zero-order chi connectivity index (χ0) is 12.7. The maximum Gasteiger partial charge on any atom is 0.314 e. The van der Waals surface area contributed by atoms with Gasteiger partial charge in [-0.1, -0.05) is 6.07 Å². The van der Waals surface area contributed by atoms with Crippen molar-refractivity contribution in [1.82, 2.24) is 0 Å². The van der Waals surface area contributed by atoms with E-state index >= 15 is 0 Å². The number of methoxy groups -OCH3 is 1. The van der Waals surface area contributed by atoms with E-state index in [-0.39, 0.29) is 11.9 Å². The van der Waals surface area contributed by atoms with Crippen LogP contribution in [0, 0.1) is 12.8 Å². The summed E-state index contributed by atoms with van der Waals surface area (Å²) in [6.45, 7) is 2.02. The molecule has 0 unspecified atom stereocenters. The molecule has 2 aliphatic carbocycles. The molecule has 0 heterocycles. The van der Waals surface area contributed by atoms with Crippen LogP contribution in [0.3, 0.4) is 0 Å². The summed E-state index contributed by atoms with van der Waals surface area (Å²) >= 11 is 0. The second-order valence-corrected chi connectivity index (χ2v) is 5.28. The Bertz CT molecular complexity index is 485. The molecule has 3 heteroatoms. The summed E-state index contributed by atoms with van der Waals surface area (Å²) in [5.74, 6) is 1.93. The Labute approximate surface area is 107 Å². The lowest BCUT2D eigenvalue weighted by Crippen LogP contribution is -2.12. The standard InChI is InChI=1S/C15H18O3/c1-9-12(10-3-4-10)7-8-13(17-2)14(9)18-15(16)11-5-6-11/h7-8,10-11H,3-6H2,1-2H3. The minimum Gasteiger partial charge on any atom is -0.493 e. The van der Waals surface area contributed by atoms with Crippen molar-refractivity contribution in [2.24, 2.45) is 5.92 Å². The van der Waals surface area contributed by atoms with E-state index < -0.39 is 0 Å². The molecule has 0 aromatic heterocycles. The van der Waals surface area contributed by atoms with Crippen molar-refractivity contribution in [3.05, 3.63) is 23.3 Å². The third kappa shape index (κ3) is 2.09. The molecule has 0 saturated heterocycles. The van der Waals surface area contributed by atoms with E-state index in [4.69, 9.17) is 9.47 Å². The fourth-order valence-corrected chi connectivity index (χ4v) is 2.31. The van der Waals surface area contributed by atoms with Gasteiger partial charge in [-0.3, -0.25) is 4.79 Å². The van der Waals surface area contributed by atoms with Gasteiger partial charge in [-0.15, -0.1) is 0 Å².